The number of rotatable bonds is 13. The number of hydrogen-bond donors (Lipinski definition) is 1. The van der Waals surface area contributed by atoms with E-state index in [4.69, 9.17) is 23.7 Å². The summed E-state index contributed by atoms with van der Waals surface area (Å²) >= 11 is 0. The van der Waals surface area contributed by atoms with Crippen molar-refractivity contribution in [2.45, 2.75) is 39.5 Å². The number of aryl methyl sites for hydroxylation is 1. The summed E-state index contributed by atoms with van der Waals surface area (Å²) in [6, 6.07) is 6.63. The molecule has 0 aromatic heterocycles. The third-order valence-electron chi connectivity index (χ3n) is 5.44. The molecule has 2 aromatic rings. The zero-order chi connectivity index (χ0) is 25.3. The summed E-state index contributed by atoms with van der Waals surface area (Å²) in [6.45, 7) is 3.85. The van der Waals surface area contributed by atoms with Crippen LogP contribution < -0.4 is 18.9 Å². The molecule has 0 aliphatic carbocycles. The van der Waals surface area contributed by atoms with Crippen LogP contribution in [0.25, 0.3) is 0 Å². The van der Waals surface area contributed by atoms with Gasteiger partial charge in [0.25, 0.3) is 0 Å². The van der Waals surface area contributed by atoms with Gasteiger partial charge in [0.05, 0.1) is 28.4 Å². The molecule has 0 aliphatic rings. The van der Waals surface area contributed by atoms with E-state index in [1.54, 1.807) is 18.2 Å². The lowest BCUT2D eigenvalue weighted by Crippen LogP contribution is -2.17. The highest BCUT2D eigenvalue weighted by atomic mass is 16.6. The Morgan fingerprint density at radius 3 is 2.18 bits per heavy atom. The van der Waals surface area contributed by atoms with Crippen LogP contribution in [0.5, 0.6) is 28.7 Å². The van der Waals surface area contributed by atoms with Crippen molar-refractivity contribution in [2.75, 3.05) is 35.0 Å². The summed E-state index contributed by atoms with van der Waals surface area (Å²) in [5, 5.41) is 9.81. The fraction of sp³-hybridized carbons (Fsp3) is 0.462. The Bertz CT molecular complexity index is 997. The van der Waals surface area contributed by atoms with Gasteiger partial charge in [-0.15, -0.1) is 0 Å². The van der Waals surface area contributed by atoms with Crippen LogP contribution in [0.15, 0.2) is 24.3 Å². The number of carbonyl (C=O) groups is 2. The lowest BCUT2D eigenvalue weighted by molar-refractivity contribution is -0.142. The van der Waals surface area contributed by atoms with Gasteiger partial charge >= 0.3 is 5.97 Å². The average molecular weight is 475 g/mol. The molecule has 2 rings (SSSR count). The molecule has 34 heavy (non-hydrogen) atoms. The molecule has 0 unspecified atom stereocenters. The molecule has 8 nitrogen and oxygen atoms in total. The van der Waals surface area contributed by atoms with E-state index < -0.39 is 5.97 Å². The lowest BCUT2D eigenvalue weighted by atomic mass is 9.94. The smallest absolute Gasteiger partial charge is 0.343 e. The fourth-order valence-electron chi connectivity index (χ4n) is 3.54. The number of hydrogen-bond acceptors (Lipinski definition) is 8. The molecule has 1 N–H and O–H groups in total. The minimum absolute atomic E-state index is 0.0303. The molecule has 0 atom stereocenters. The lowest BCUT2D eigenvalue weighted by Gasteiger charge is -2.21. The van der Waals surface area contributed by atoms with Gasteiger partial charge in [0.15, 0.2) is 23.9 Å². The third-order valence-corrected chi connectivity index (χ3v) is 5.44. The maximum absolute atomic E-state index is 13.4. The van der Waals surface area contributed by atoms with Gasteiger partial charge < -0.3 is 28.8 Å². The van der Waals surface area contributed by atoms with Crippen molar-refractivity contribution in [3.05, 3.63) is 41.0 Å². The van der Waals surface area contributed by atoms with Gasteiger partial charge in [-0.1, -0.05) is 19.9 Å². The Balaban J connectivity index is 2.48. The topological polar surface area (TPSA) is 101 Å². The summed E-state index contributed by atoms with van der Waals surface area (Å²) in [6.07, 6.45) is 1.98. The molecule has 0 saturated carbocycles. The second-order valence-electron chi connectivity index (χ2n) is 8.19. The number of ketones is 1. The Hall–Kier alpha value is -3.42. The SMILES string of the molecule is COC(=O)COc1c(CCC(C)C)c(OC)cc(OC)c1C(=O)CCc1ccc(O)c(OC)c1. The first-order chi connectivity index (χ1) is 16.2. The number of Topliss-reactive ketones (excluding diaryl/α,β-unsaturated/α-hetero) is 1. The Labute approximate surface area is 200 Å². The van der Waals surface area contributed by atoms with Crippen LogP contribution >= 0.6 is 0 Å². The summed E-state index contributed by atoms with van der Waals surface area (Å²) in [5.74, 6) is 1.10. The molecular formula is C26H34O8. The van der Waals surface area contributed by atoms with E-state index in [-0.39, 0.29) is 35.9 Å². The summed E-state index contributed by atoms with van der Waals surface area (Å²) < 4.78 is 26.8. The van der Waals surface area contributed by atoms with Gasteiger partial charge in [-0.25, -0.2) is 4.79 Å². The first-order valence-corrected chi connectivity index (χ1v) is 11.1. The van der Waals surface area contributed by atoms with Crippen LogP contribution in [0.4, 0.5) is 0 Å². The molecule has 0 spiro atoms. The van der Waals surface area contributed by atoms with Gasteiger partial charge in [-0.2, -0.15) is 0 Å². The van der Waals surface area contributed by atoms with E-state index in [2.05, 4.69) is 13.8 Å². The van der Waals surface area contributed by atoms with Crippen LogP contribution in [-0.2, 0) is 22.4 Å². The van der Waals surface area contributed by atoms with E-state index in [0.29, 0.717) is 41.6 Å². The summed E-state index contributed by atoms with van der Waals surface area (Å²) in [4.78, 5) is 25.3. The number of ether oxygens (including phenoxy) is 5. The first-order valence-electron chi connectivity index (χ1n) is 11.1. The van der Waals surface area contributed by atoms with Gasteiger partial charge in [-0.05, 0) is 42.9 Å². The second-order valence-corrected chi connectivity index (χ2v) is 8.19. The average Bonchev–Trinajstić information content (AvgIpc) is 2.84. The molecule has 0 heterocycles. The zero-order valence-corrected chi connectivity index (χ0v) is 20.7. The highest BCUT2D eigenvalue weighted by molar-refractivity contribution is 6.02. The van der Waals surface area contributed by atoms with Crippen LogP contribution in [0, 0.1) is 5.92 Å². The van der Waals surface area contributed by atoms with Gasteiger partial charge in [-0.3, -0.25) is 4.79 Å². The third kappa shape index (κ3) is 6.79. The molecule has 0 bridgehead atoms. The minimum atomic E-state index is -0.564. The fourth-order valence-corrected chi connectivity index (χ4v) is 3.54. The minimum Gasteiger partial charge on any atom is -0.504 e. The van der Waals surface area contributed by atoms with Crippen molar-refractivity contribution in [3.8, 4) is 28.7 Å². The van der Waals surface area contributed by atoms with Gasteiger partial charge in [0, 0.05) is 18.1 Å². The number of phenolic OH excluding ortho intramolecular Hbond substituents is 1. The van der Waals surface area contributed by atoms with E-state index >= 15 is 0 Å². The quantitative estimate of drug-likeness (QED) is 0.337. The predicted octanol–water partition coefficient (Wildman–Crippen LogP) is 4.37. The van der Waals surface area contributed by atoms with Crippen molar-refractivity contribution < 1.29 is 38.4 Å². The van der Waals surface area contributed by atoms with Crippen molar-refractivity contribution in [3.63, 3.8) is 0 Å². The van der Waals surface area contributed by atoms with Crippen molar-refractivity contribution in [2.24, 2.45) is 5.92 Å². The molecule has 2 aromatic carbocycles. The number of carbonyl (C=O) groups excluding carboxylic acids is 2. The zero-order valence-electron chi connectivity index (χ0n) is 20.7. The number of benzene rings is 2. The van der Waals surface area contributed by atoms with Gasteiger partial charge in [0.2, 0.25) is 0 Å². The monoisotopic (exact) mass is 474 g/mol. The first kappa shape index (κ1) is 26.8. The van der Waals surface area contributed by atoms with E-state index in [1.807, 2.05) is 0 Å². The van der Waals surface area contributed by atoms with Crippen LogP contribution in [0.1, 0.15) is 48.2 Å². The van der Waals surface area contributed by atoms with Crippen LogP contribution in [0.3, 0.4) is 0 Å². The largest absolute Gasteiger partial charge is 0.504 e. The highest BCUT2D eigenvalue weighted by Gasteiger charge is 2.26. The Kier molecular flexibility index (Phi) is 10.0. The molecule has 8 heteroatoms. The van der Waals surface area contributed by atoms with Crippen LogP contribution in [0.2, 0.25) is 0 Å². The number of esters is 1. The summed E-state index contributed by atoms with van der Waals surface area (Å²) in [7, 11) is 5.75. The molecule has 0 saturated heterocycles. The van der Waals surface area contributed by atoms with E-state index in [9.17, 15) is 14.7 Å². The molecular weight excluding hydrogens is 440 g/mol. The van der Waals surface area contributed by atoms with Gasteiger partial charge in [0.1, 0.15) is 22.8 Å². The van der Waals surface area contributed by atoms with E-state index in [1.165, 1.54) is 34.5 Å². The highest BCUT2D eigenvalue weighted by Crippen LogP contribution is 2.41. The molecule has 0 fully saturated rings. The Morgan fingerprint density at radius 1 is 0.912 bits per heavy atom. The maximum atomic E-state index is 13.4. The standard InChI is InChI=1S/C26H34O8/c1-16(2)7-10-18-21(30-3)14-23(32-5)25(26(18)34-15-24(29)33-6)20(28)12-9-17-8-11-19(27)22(13-17)31-4/h8,11,13-14,16,27H,7,9-10,12,15H2,1-6H3. The molecule has 0 amide bonds. The number of methoxy groups -OCH3 is 4. The number of aromatic hydroxyl groups is 1. The normalized spacial score (nSPS) is 10.7. The van der Waals surface area contributed by atoms with Crippen LogP contribution in [-0.4, -0.2) is 51.9 Å². The predicted molar refractivity (Wildman–Crippen MR) is 128 cm³/mol. The van der Waals surface area contributed by atoms with Crippen molar-refractivity contribution in [1.29, 1.82) is 0 Å². The number of phenols is 1. The summed E-state index contributed by atoms with van der Waals surface area (Å²) in [5.41, 5.74) is 1.79. The van der Waals surface area contributed by atoms with Crippen molar-refractivity contribution >= 4 is 11.8 Å². The maximum Gasteiger partial charge on any atom is 0.343 e. The molecule has 186 valence electrons. The van der Waals surface area contributed by atoms with E-state index in [0.717, 1.165) is 12.0 Å². The molecule has 0 radical (unpaired) electrons. The molecule has 0 aliphatic heterocycles. The second kappa shape index (κ2) is 12.7. The van der Waals surface area contributed by atoms with Crippen molar-refractivity contribution in [1.82, 2.24) is 0 Å². The Morgan fingerprint density at radius 2 is 1.59 bits per heavy atom.